The van der Waals surface area contributed by atoms with Crippen molar-refractivity contribution in [3.05, 3.63) is 16.4 Å². The SMILES string of the molecule is O=C1C[C@H]2Cc3oc(=O)oc3N12. The summed E-state index contributed by atoms with van der Waals surface area (Å²) >= 11 is 0. The monoisotopic (exact) mass is 167 g/mol. The second-order valence-electron chi connectivity index (χ2n) is 3.01. The van der Waals surface area contributed by atoms with Gasteiger partial charge in [0.05, 0.1) is 6.04 Å². The molecule has 0 N–H and O–H groups in total. The van der Waals surface area contributed by atoms with E-state index in [0.717, 1.165) is 0 Å². The van der Waals surface area contributed by atoms with Crippen LogP contribution in [-0.4, -0.2) is 11.9 Å². The average Bonchev–Trinajstić information content (AvgIpc) is 2.39. The lowest BCUT2D eigenvalue weighted by atomic mass is 10.0. The average molecular weight is 167 g/mol. The standard InChI is InChI=1S/C7H5NO4/c9-5-2-3-1-4-6(8(3)5)12-7(10)11-4/h3H,1-2H2/t3-/m1/s1. The number of hydrogen-bond donors (Lipinski definition) is 0. The summed E-state index contributed by atoms with van der Waals surface area (Å²) in [6.45, 7) is 0. The number of rotatable bonds is 0. The van der Waals surface area contributed by atoms with Gasteiger partial charge in [0.2, 0.25) is 11.8 Å². The molecule has 0 spiro atoms. The third kappa shape index (κ3) is 0.511. The van der Waals surface area contributed by atoms with E-state index >= 15 is 0 Å². The lowest BCUT2D eigenvalue weighted by Crippen LogP contribution is -2.50. The van der Waals surface area contributed by atoms with Crippen molar-refractivity contribution in [1.29, 1.82) is 0 Å². The summed E-state index contributed by atoms with van der Waals surface area (Å²) in [7, 11) is 0. The van der Waals surface area contributed by atoms with Gasteiger partial charge in [0.1, 0.15) is 0 Å². The molecule has 62 valence electrons. The van der Waals surface area contributed by atoms with Gasteiger partial charge < -0.3 is 8.83 Å². The Bertz CT molecular complexity index is 415. The van der Waals surface area contributed by atoms with E-state index in [1.807, 2.05) is 0 Å². The van der Waals surface area contributed by atoms with Crippen LogP contribution >= 0.6 is 0 Å². The number of amides is 1. The van der Waals surface area contributed by atoms with Crippen LogP contribution in [0.1, 0.15) is 12.2 Å². The van der Waals surface area contributed by atoms with Crippen molar-refractivity contribution in [2.24, 2.45) is 0 Å². The maximum Gasteiger partial charge on any atom is 0.520 e. The topological polar surface area (TPSA) is 63.7 Å². The first-order chi connectivity index (χ1) is 5.75. The van der Waals surface area contributed by atoms with Crippen molar-refractivity contribution >= 4 is 11.8 Å². The van der Waals surface area contributed by atoms with Crippen LogP contribution < -0.4 is 10.7 Å². The van der Waals surface area contributed by atoms with Gasteiger partial charge in [-0.3, -0.25) is 9.69 Å². The lowest BCUT2D eigenvalue weighted by molar-refractivity contribution is -0.124. The molecule has 1 aromatic rings. The molecular formula is C7H5NO4. The van der Waals surface area contributed by atoms with Gasteiger partial charge in [-0.05, 0) is 0 Å². The Labute approximate surface area is 66.6 Å². The fraction of sp³-hybridized carbons (Fsp3) is 0.429. The predicted molar refractivity (Wildman–Crippen MR) is 36.8 cm³/mol. The highest BCUT2D eigenvalue weighted by Gasteiger charge is 2.47. The number of carbonyl (C=O) groups is 1. The van der Waals surface area contributed by atoms with Gasteiger partial charge in [-0.2, -0.15) is 0 Å². The van der Waals surface area contributed by atoms with E-state index in [0.29, 0.717) is 24.5 Å². The summed E-state index contributed by atoms with van der Waals surface area (Å²) in [4.78, 5) is 23.1. The van der Waals surface area contributed by atoms with E-state index in [9.17, 15) is 9.59 Å². The summed E-state index contributed by atoms with van der Waals surface area (Å²) in [5, 5.41) is 0. The molecule has 5 nitrogen and oxygen atoms in total. The predicted octanol–water partition coefficient (Wildman–Crippen LogP) is -0.106. The Morgan fingerprint density at radius 3 is 2.83 bits per heavy atom. The summed E-state index contributed by atoms with van der Waals surface area (Å²) < 4.78 is 9.45. The Morgan fingerprint density at radius 1 is 1.25 bits per heavy atom. The van der Waals surface area contributed by atoms with Crippen LogP contribution in [0, 0.1) is 0 Å². The molecule has 0 unspecified atom stereocenters. The highest BCUT2D eigenvalue weighted by Crippen LogP contribution is 2.39. The van der Waals surface area contributed by atoms with Crippen LogP contribution in [0.3, 0.4) is 0 Å². The minimum absolute atomic E-state index is 0.00306. The molecule has 0 aromatic carbocycles. The van der Waals surface area contributed by atoms with E-state index in [1.165, 1.54) is 4.90 Å². The van der Waals surface area contributed by atoms with Crippen molar-refractivity contribution < 1.29 is 13.6 Å². The highest BCUT2D eigenvalue weighted by molar-refractivity contribution is 6.01. The number of anilines is 1. The molecule has 1 aromatic heterocycles. The number of β-lactam (4-membered cyclic amide) rings is 1. The van der Waals surface area contributed by atoms with Crippen LogP contribution in [0.2, 0.25) is 0 Å². The Balaban J connectivity index is 2.18. The summed E-state index contributed by atoms with van der Waals surface area (Å²) in [5.41, 5.74) is 0. The third-order valence-electron chi connectivity index (χ3n) is 2.31. The fourth-order valence-electron chi connectivity index (χ4n) is 1.75. The molecule has 12 heavy (non-hydrogen) atoms. The summed E-state index contributed by atoms with van der Waals surface area (Å²) in [6, 6.07) is 0.176. The molecule has 3 heterocycles. The molecule has 0 bridgehead atoms. The molecule has 3 rings (SSSR count). The number of fused-ring (bicyclic) bond motifs is 3. The molecule has 1 fully saturated rings. The highest BCUT2D eigenvalue weighted by atomic mass is 16.6. The summed E-state index contributed by atoms with van der Waals surface area (Å²) in [5.74, 6) is 0.110. The van der Waals surface area contributed by atoms with Crippen molar-refractivity contribution in [3.8, 4) is 0 Å². The van der Waals surface area contributed by atoms with E-state index in [4.69, 9.17) is 8.83 Å². The van der Waals surface area contributed by atoms with Gasteiger partial charge in [-0.1, -0.05) is 0 Å². The minimum atomic E-state index is -0.724. The van der Waals surface area contributed by atoms with Crippen molar-refractivity contribution in [2.45, 2.75) is 18.9 Å². The minimum Gasteiger partial charge on any atom is -0.393 e. The first-order valence-electron chi connectivity index (χ1n) is 3.70. The second kappa shape index (κ2) is 1.63. The van der Waals surface area contributed by atoms with Crippen molar-refractivity contribution in [2.75, 3.05) is 4.90 Å². The first-order valence-corrected chi connectivity index (χ1v) is 3.70. The van der Waals surface area contributed by atoms with Gasteiger partial charge in [0.25, 0.3) is 0 Å². The number of hydrogen-bond acceptors (Lipinski definition) is 4. The van der Waals surface area contributed by atoms with E-state index in [1.54, 1.807) is 0 Å². The Hall–Kier alpha value is -1.52. The number of carbonyl (C=O) groups excluding carboxylic acids is 1. The van der Waals surface area contributed by atoms with Gasteiger partial charge in [-0.15, -0.1) is 0 Å². The molecule has 2 aliphatic heterocycles. The van der Waals surface area contributed by atoms with Gasteiger partial charge >= 0.3 is 5.82 Å². The summed E-state index contributed by atoms with van der Waals surface area (Å²) in [6.07, 6.45) is 1.15. The molecule has 2 aliphatic rings. The Kier molecular flexibility index (Phi) is 0.819. The number of nitrogens with zero attached hydrogens (tertiary/aromatic N) is 1. The zero-order valence-corrected chi connectivity index (χ0v) is 6.07. The zero-order valence-electron chi connectivity index (χ0n) is 6.07. The molecular weight excluding hydrogens is 162 g/mol. The van der Waals surface area contributed by atoms with Gasteiger partial charge in [0.15, 0.2) is 5.76 Å². The zero-order chi connectivity index (χ0) is 8.29. The quantitative estimate of drug-likeness (QED) is 0.506. The van der Waals surface area contributed by atoms with Gasteiger partial charge in [0, 0.05) is 12.8 Å². The molecule has 0 saturated carbocycles. The van der Waals surface area contributed by atoms with Crippen LogP contribution in [0.15, 0.2) is 13.6 Å². The second-order valence-corrected chi connectivity index (χ2v) is 3.01. The molecule has 1 amide bonds. The van der Waals surface area contributed by atoms with Crippen molar-refractivity contribution in [3.63, 3.8) is 0 Å². The largest absolute Gasteiger partial charge is 0.520 e. The first kappa shape index (κ1) is 6.05. The normalized spacial score (nSPS) is 25.2. The van der Waals surface area contributed by atoms with E-state index < -0.39 is 5.82 Å². The van der Waals surface area contributed by atoms with E-state index in [-0.39, 0.29) is 11.9 Å². The lowest BCUT2D eigenvalue weighted by Gasteiger charge is -2.32. The fourth-order valence-corrected chi connectivity index (χ4v) is 1.75. The molecule has 1 atom stereocenters. The van der Waals surface area contributed by atoms with Crippen LogP contribution in [0.5, 0.6) is 0 Å². The van der Waals surface area contributed by atoms with Crippen LogP contribution in [0.4, 0.5) is 5.88 Å². The van der Waals surface area contributed by atoms with Crippen LogP contribution in [0.25, 0.3) is 0 Å². The smallest absolute Gasteiger partial charge is 0.393 e. The molecule has 5 heteroatoms. The third-order valence-corrected chi connectivity index (χ3v) is 2.31. The molecule has 1 saturated heterocycles. The van der Waals surface area contributed by atoms with Crippen LogP contribution in [-0.2, 0) is 11.2 Å². The molecule has 0 aliphatic carbocycles. The maximum atomic E-state index is 11.0. The van der Waals surface area contributed by atoms with E-state index in [2.05, 4.69) is 0 Å². The maximum absolute atomic E-state index is 11.0. The molecule has 0 radical (unpaired) electrons. The van der Waals surface area contributed by atoms with Crippen molar-refractivity contribution in [1.82, 2.24) is 0 Å². The Morgan fingerprint density at radius 2 is 2.08 bits per heavy atom. The van der Waals surface area contributed by atoms with Gasteiger partial charge in [-0.25, -0.2) is 4.79 Å².